The van der Waals surface area contributed by atoms with Crippen molar-refractivity contribution in [3.8, 4) is 0 Å². The molecule has 7 heteroatoms. The van der Waals surface area contributed by atoms with Crippen molar-refractivity contribution in [1.82, 2.24) is 20.7 Å². The number of aliphatic carboxylic acids is 1. The third-order valence-electron chi connectivity index (χ3n) is 3.36. The summed E-state index contributed by atoms with van der Waals surface area (Å²) in [4.78, 5) is 23.5. The minimum atomic E-state index is -1.03. The van der Waals surface area contributed by atoms with Crippen LogP contribution in [-0.2, 0) is 4.79 Å². The highest BCUT2D eigenvalue weighted by molar-refractivity contribution is 5.99. The van der Waals surface area contributed by atoms with E-state index < -0.39 is 17.9 Å². The Kier molecular flexibility index (Phi) is 4.44. The molecular weight excluding hydrogens is 284 g/mol. The van der Waals surface area contributed by atoms with Gasteiger partial charge in [-0.05, 0) is 36.5 Å². The fourth-order valence-electron chi connectivity index (χ4n) is 2.06. The molecule has 1 unspecified atom stereocenters. The van der Waals surface area contributed by atoms with Gasteiger partial charge in [-0.25, -0.2) is 4.79 Å². The number of hydrogen-bond donors (Lipinski definition) is 3. The van der Waals surface area contributed by atoms with E-state index in [0.717, 1.165) is 0 Å². The van der Waals surface area contributed by atoms with Gasteiger partial charge in [-0.3, -0.25) is 4.79 Å². The van der Waals surface area contributed by atoms with Crippen LogP contribution in [0.25, 0.3) is 11.0 Å². The molecule has 0 radical (unpaired) electrons. The number of rotatable bonds is 5. The highest BCUT2D eigenvalue weighted by Gasteiger charge is 2.23. The van der Waals surface area contributed by atoms with Gasteiger partial charge in [0.05, 0.1) is 0 Å². The molecule has 0 fully saturated rings. The molecule has 2 aromatic rings. The third-order valence-corrected chi connectivity index (χ3v) is 3.36. The molecule has 22 heavy (non-hydrogen) atoms. The predicted molar refractivity (Wildman–Crippen MR) is 81.5 cm³/mol. The topological polar surface area (TPSA) is 108 Å². The van der Waals surface area contributed by atoms with Crippen LogP contribution in [0.15, 0.2) is 18.2 Å². The molecule has 1 aromatic carbocycles. The maximum absolute atomic E-state index is 12.2. The summed E-state index contributed by atoms with van der Waals surface area (Å²) >= 11 is 0. The summed E-state index contributed by atoms with van der Waals surface area (Å²) in [6.45, 7) is 6.10. The summed E-state index contributed by atoms with van der Waals surface area (Å²) in [6, 6.07) is 3.94. The number of aromatic amines is 1. The summed E-state index contributed by atoms with van der Waals surface area (Å²) in [5, 5.41) is 22.1. The molecular formula is C15H20N4O3. The summed E-state index contributed by atoms with van der Waals surface area (Å²) in [5.41, 5.74) is 1.59. The molecule has 1 atom stereocenters. The van der Waals surface area contributed by atoms with E-state index in [9.17, 15) is 14.7 Å². The van der Waals surface area contributed by atoms with Gasteiger partial charge in [0, 0.05) is 5.56 Å². The van der Waals surface area contributed by atoms with Gasteiger partial charge in [0.25, 0.3) is 5.91 Å². The Bertz CT molecular complexity index is 687. The van der Waals surface area contributed by atoms with Crippen molar-refractivity contribution in [2.75, 3.05) is 0 Å². The summed E-state index contributed by atoms with van der Waals surface area (Å²) < 4.78 is 0. The normalized spacial score (nSPS) is 13.0. The molecule has 1 heterocycles. The number of amides is 1. The molecule has 118 valence electrons. The maximum Gasteiger partial charge on any atom is 0.326 e. The number of hydrogen-bond acceptors (Lipinski definition) is 4. The van der Waals surface area contributed by atoms with Crippen molar-refractivity contribution >= 4 is 22.9 Å². The van der Waals surface area contributed by atoms with E-state index in [1.807, 2.05) is 20.8 Å². The number of carbonyl (C=O) groups excluding carboxylic acids is 1. The van der Waals surface area contributed by atoms with Crippen molar-refractivity contribution in [3.63, 3.8) is 0 Å². The van der Waals surface area contributed by atoms with E-state index in [0.29, 0.717) is 29.4 Å². The van der Waals surface area contributed by atoms with E-state index in [1.54, 1.807) is 18.2 Å². The fourth-order valence-corrected chi connectivity index (χ4v) is 2.06. The quantitative estimate of drug-likeness (QED) is 0.782. The van der Waals surface area contributed by atoms with Crippen molar-refractivity contribution in [3.05, 3.63) is 23.8 Å². The first-order chi connectivity index (χ1) is 10.3. The van der Waals surface area contributed by atoms with Crippen molar-refractivity contribution in [2.24, 2.45) is 5.41 Å². The zero-order valence-electron chi connectivity index (χ0n) is 12.9. The minimum absolute atomic E-state index is 0.0120. The molecule has 0 aliphatic rings. The molecule has 1 aromatic heterocycles. The molecule has 2 rings (SSSR count). The van der Waals surface area contributed by atoms with Crippen LogP contribution in [0.1, 0.15) is 44.0 Å². The zero-order chi connectivity index (χ0) is 16.3. The minimum Gasteiger partial charge on any atom is -0.480 e. The molecule has 7 nitrogen and oxygen atoms in total. The summed E-state index contributed by atoms with van der Waals surface area (Å²) in [5.74, 6) is -1.45. The Morgan fingerprint density at radius 1 is 1.27 bits per heavy atom. The number of carbonyl (C=O) groups is 2. The average Bonchev–Trinajstić information content (AvgIpc) is 2.88. The average molecular weight is 304 g/mol. The van der Waals surface area contributed by atoms with Gasteiger partial charge in [-0.2, -0.15) is 15.4 Å². The van der Waals surface area contributed by atoms with Gasteiger partial charge in [0.1, 0.15) is 17.1 Å². The maximum atomic E-state index is 12.2. The molecule has 0 saturated heterocycles. The lowest BCUT2D eigenvalue weighted by molar-refractivity contribution is -0.139. The van der Waals surface area contributed by atoms with Crippen molar-refractivity contribution < 1.29 is 14.7 Å². The SMILES string of the molecule is CC(C)(C)CCC(NC(=O)c1ccc2n[nH]nc2c1)C(=O)O. The molecule has 0 bridgehead atoms. The first-order valence-electron chi connectivity index (χ1n) is 7.10. The van der Waals surface area contributed by atoms with Crippen LogP contribution in [0, 0.1) is 5.41 Å². The number of nitrogens with one attached hydrogen (secondary N) is 2. The van der Waals surface area contributed by atoms with Crippen LogP contribution in [0.2, 0.25) is 0 Å². The van der Waals surface area contributed by atoms with Gasteiger partial charge in [-0.15, -0.1) is 0 Å². The lowest BCUT2D eigenvalue weighted by Crippen LogP contribution is -2.41. The van der Waals surface area contributed by atoms with Crippen LogP contribution in [-0.4, -0.2) is 38.4 Å². The second-order valence-electron chi connectivity index (χ2n) is 6.49. The number of carboxylic acid groups (broad SMARTS) is 1. The second kappa shape index (κ2) is 6.13. The molecule has 0 spiro atoms. The van der Waals surface area contributed by atoms with Crippen molar-refractivity contribution in [1.29, 1.82) is 0 Å². The van der Waals surface area contributed by atoms with Crippen LogP contribution < -0.4 is 5.32 Å². The first-order valence-corrected chi connectivity index (χ1v) is 7.10. The third kappa shape index (κ3) is 4.03. The zero-order valence-corrected chi connectivity index (χ0v) is 12.9. The van der Waals surface area contributed by atoms with Gasteiger partial charge in [0.15, 0.2) is 0 Å². The Morgan fingerprint density at radius 2 is 1.95 bits per heavy atom. The fraction of sp³-hybridized carbons (Fsp3) is 0.467. The van der Waals surface area contributed by atoms with E-state index in [4.69, 9.17) is 0 Å². The smallest absolute Gasteiger partial charge is 0.326 e. The van der Waals surface area contributed by atoms with Gasteiger partial charge >= 0.3 is 5.97 Å². The number of aromatic nitrogens is 3. The van der Waals surface area contributed by atoms with Crippen molar-refractivity contribution in [2.45, 2.75) is 39.7 Å². The highest BCUT2D eigenvalue weighted by atomic mass is 16.4. The molecule has 3 N–H and O–H groups in total. The first kappa shape index (κ1) is 15.9. The Balaban J connectivity index is 2.08. The molecule has 0 aliphatic carbocycles. The summed E-state index contributed by atoms with van der Waals surface area (Å²) in [6.07, 6.45) is 1.09. The monoisotopic (exact) mass is 304 g/mol. The van der Waals surface area contributed by atoms with Crippen LogP contribution in [0.4, 0.5) is 0 Å². The van der Waals surface area contributed by atoms with E-state index in [1.165, 1.54) is 0 Å². The number of benzene rings is 1. The highest BCUT2D eigenvalue weighted by Crippen LogP contribution is 2.22. The molecule has 0 aliphatic heterocycles. The second-order valence-corrected chi connectivity index (χ2v) is 6.49. The molecule has 0 saturated carbocycles. The Hall–Kier alpha value is -2.44. The van der Waals surface area contributed by atoms with Gasteiger partial charge < -0.3 is 10.4 Å². The Labute approximate surface area is 128 Å². The number of fused-ring (bicyclic) bond motifs is 1. The number of carboxylic acids is 1. The van der Waals surface area contributed by atoms with Crippen LogP contribution in [0.5, 0.6) is 0 Å². The number of nitrogens with zero attached hydrogens (tertiary/aromatic N) is 2. The number of H-pyrrole nitrogens is 1. The van der Waals surface area contributed by atoms with E-state index in [2.05, 4.69) is 20.7 Å². The molecule has 1 amide bonds. The largest absolute Gasteiger partial charge is 0.480 e. The van der Waals surface area contributed by atoms with E-state index in [-0.39, 0.29) is 5.41 Å². The van der Waals surface area contributed by atoms with E-state index >= 15 is 0 Å². The standard InChI is InChI=1S/C15H20N4O3/c1-15(2,3)7-6-11(14(21)22)16-13(20)9-4-5-10-12(8-9)18-19-17-10/h4-5,8,11H,6-7H2,1-3H3,(H,16,20)(H,21,22)(H,17,18,19). The predicted octanol–water partition coefficient (Wildman–Crippen LogP) is 1.97. The van der Waals surface area contributed by atoms with Crippen LogP contribution in [0.3, 0.4) is 0 Å². The summed E-state index contributed by atoms with van der Waals surface area (Å²) in [7, 11) is 0. The van der Waals surface area contributed by atoms with Gasteiger partial charge in [-0.1, -0.05) is 20.8 Å². The van der Waals surface area contributed by atoms with Crippen LogP contribution >= 0.6 is 0 Å². The van der Waals surface area contributed by atoms with Gasteiger partial charge in [0.2, 0.25) is 0 Å². The Morgan fingerprint density at radius 3 is 2.59 bits per heavy atom. The lowest BCUT2D eigenvalue weighted by Gasteiger charge is -2.21. The lowest BCUT2D eigenvalue weighted by atomic mass is 9.88.